The predicted molar refractivity (Wildman–Crippen MR) is 85.0 cm³/mol. The number of aryl methyl sites for hydroxylation is 2. The zero-order chi connectivity index (χ0) is 14.8. The first-order chi connectivity index (χ1) is 10.1. The predicted octanol–water partition coefficient (Wildman–Crippen LogP) is 3.21. The Hall–Kier alpha value is -2.20. The topological polar surface area (TPSA) is 44.8 Å². The first-order valence-electron chi connectivity index (χ1n) is 7.15. The number of rotatable bonds is 4. The molecule has 0 atom stereocenters. The van der Waals surface area contributed by atoms with E-state index in [9.17, 15) is 0 Å². The van der Waals surface area contributed by atoms with Crippen LogP contribution in [0.15, 0.2) is 36.5 Å². The lowest BCUT2D eigenvalue weighted by atomic mass is 10.1. The molecule has 2 heterocycles. The lowest BCUT2D eigenvalue weighted by Gasteiger charge is -2.16. The average Bonchev–Trinajstić information content (AvgIpc) is 2.83. The van der Waals surface area contributed by atoms with Crippen molar-refractivity contribution in [2.75, 3.05) is 7.05 Å². The van der Waals surface area contributed by atoms with Crippen LogP contribution in [0.1, 0.15) is 22.4 Å². The van der Waals surface area contributed by atoms with Gasteiger partial charge in [-0.1, -0.05) is 29.8 Å². The summed E-state index contributed by atoms with van der Waals surface area (Å²) in [6.45, 7) is 5.95. The maximum absolute atomic E-state index is 4.40. The van der Waals surface area contributed by atoms with Gasteiger partial charge in [0.25, 0.3) is 0 Å². The Morgan fingerprint density at radius 2 is 1.76 bits per heavy atom. The Kier molecular flexibility index (Phi) is 3.71. The van der Waals surface area contributed by atoms with Gasteiger partial charge in [0.1, 0.15) is 0 Å². The second kappa shape index (κ2) is 5.66. The average molecular weight is 280 g/mol. The van der Waals surface area contributed by atoms with Gasteiger partial charge in [-0.2, -0.15) is 5.10 Å². The lowest BCUT2D eigenvalue weighted by molar-refractivity contribution is 0.319. The van der Waals surface area contributed by atoms with Crippen molar-refractivity contribution in [1.29, 1.82) is 0 Å². The van der Waals surface area contributed by atoms with E-state index < -0.39 is 0 Å². The van der Waals surface area contributed by atoms with Crippen LogP contribution >= 0.6 is 0 Å². The van der Waals surface area contributed by atoms with E-state index in [4.69, 9.17) is 0 Å². The molecule has 0 spiro atoms. The molecule has 21 heavy (non-hydrogen) atoms. The molecule has 108 valence electrons. The van der Waals surface area contributed by atoms with Crippen molar-refractivity contribution in [2.24, 2.45) is 0 Å². The van der Waals surface area contributed by atoms with E-state index in [-0.39, 0.29) is 0 Å². The number of fused-ring (bicyclic) bond motifs is 1. The third kappa shape index (κ3) is 3.11. The van der Waals surface area contributed by atoms with Gasteiger partial charge in [-0.25, -0.2) is 4.98 Å². The first kappa shape index (κ1) is 13.8. The van der Waals surface area contributed by atoms with Gasteiger partial charge in [0.15, 0.2) is 5.65 Å². The number of benzene rings is 1. The lowest BCUT2D eigenvalue weighted by Crippen LogP contribution is -2.17. The molecular formula is C17H20N4. The van der Waals surface area contributed by atoms with E-state index in [1.54, 1.807) is 0 Å². The molecule has 3 rings (SSSR count). The molecule has 4 nitrogen and oxygen atoms in total. The minimum atomic E-state index is 0.789. The Morgan fingerprint density at radius 1 is 1.05 bits per heavy atom. The smallest absolute Gasteiger partial charge is 0.181 e. The molecule has 0 radical (unpaired) electrons. The number of hydrogen-bond acceptors (Lipinski definition) is 3. The van der Waals surface area contributed by atoms with Crippen molar-refractivity contribution in [3.63, 3.8) is 0 Å². The Bertz CT molecular complexity index is 743. The number of nitrogens with zero attached hydrogens (tertiary/aromatic N) is 3. The zero-order valence-corrected chi connectivity index (χ0v) is 12.7. The van der Waals surface area contributed by atoms with Crippen molar-refractivity contribution < 1.29 is 0 Å². The van der Waals surface area contributed by atoms with Crippen LogP contribution < -0.4 is 0 Å². The van der Waals surface area contributed by atoms with Crippen molar-refractivity contribution in [3.8, 4) is 0 Å². The molecule has 0 aliphatic rings. The molecule has 0 unspecified atom stereocenters. The number of H-pyrrole nitrogens is 1. The maximum atomic E-state index is 4.40. The van der Waals surface area contributed by atoms with Gasteiger partial charge in [0.05, 0.1) is 0 Å². The van der Waals surface area contributed by atoms with Crippen molar-refractivity contribution >= 4 is 11.0 Å². The quantitative estimate of drug-likeness (QED) is 0.798. The van der Waals surface area contributed by atoms with Crippen LogP contribution in [0.5, 0.6) is 0 Å². The van der Waals surface area contributed by atoms with Crippen molar-refractivity contribution in [2.45, 2.75) is 26.9 Å². The second-order valence-corrected chi connectivity index (χ2v) is 5.72. The Morgan fingerprint density at radius 3 is 2.52 bits per heavy atom. The molecule has 0 aliphatic carbocycles. The van der Waals surface area contributed by atoms with E-state index in [2.05, 4.69) is 64.4 Å². The molecule has 4 heteroatoms. The zero-order valence-electron chi connectivity index (χ0n) is 12.7. The van der Waals surface area contributed by atoms with Crippen LogP contribution in [0.4, 0.5) is 0 Å². The molecule has 0 fully saturated rings. The second-order valence-electron chi connectivity index (χ2n) is 5.72. The van der Waals surface area contributed by atoms with Crippen molar-refractivity contribution in [3.05, 3.63) is 58.9 Å². The number of hydrogen-bond donors (Lipinski definition) is 1. The molecular weight excluding hydrogens is 260 g/mol. The van der Waals surface area contributed by atoms with Crippen molar-refractivity contribution in [1.82, 2.24) is 20.1 Å². The standard InChI is InChI=1S/C17H20N4/c1-12-4-6-14(7-5-12)10-21(3)11-15-8-16-13(2)19-20-17(16)18-9-15/h4-9H,10-11H2,1-3H3,(H,18,19,20). The highest BCUT2D eigenvalue weighted by Gasteiger charge is 2.06. The van der Waals surface area contributed by atoms with E-state index in [1.165, 1.54) is 16.7 Å². The largest absolute Gasteiger partial charge is 0.298 e. The minimum Gasteiger partial charge on any atom is -0.298 e. The number of pyridine rings is 1. The summed E-state index contributed by atoms with van der Waals surface area (Å²) in [5.74, 6) is 0. The fourth-order valence-corrected chi connectivity index (χ4v) is 2.52. The summed E-state index contributed by atoms with van der Waals surface area (Å²) in [7, 11) is 2.13. The molecule has 1 N–H and O–H groups in total. The van der Waals surface area contributed by atoms with Gasteiger partial charge in [0, 0.05) is 30.4 Å². The summed E-state index contributed by atoms with van der Waals surface area (Å²) < 4.78 is 0. The van der Waals surface area contributed by atoms with Crippen LogP contribution in [0, 0.1) is 13.8 Å². The van der Waals surface area contributed by atoms with E-state index in [1.807, 2.05) is 13.1 Å². The molecule has 3 aromatic rings. The van der Waals surface area contributed by atoms with Crippen LogP contribution in [0.2, 0.25) is 0 Å². The Labute approximate surface area is 124 Å². The van der Waals surface area contributed by atoms with Gasteiger partial charge >= 0.3 is 0 Å². The number of nitrogens with one attached hydrogen (secondary N) is 1. The third-order valence-electron chi connectivity index (χ3n) is 3.68. The third-order valence-corrected chi connectivity index (χ3v) is 3.68. The highest BCUT2D eigenvalue weighted by Crippen LogP contribution is 2.16. The summed E-state index contributed by atoms with van der Waals surface area (Å²) in [5, 5.41) is 8.25. The molecule has 0 aliphatic heterocycles. The minimum absolute atomic E-state index is 0.789. The number of aromatic nitrogens is 3. The van der Waals surface area contributed by atoms with E-state index in [0.29, 0.717) is 0 Å². The highest BCUT2D eigenvalue weighted by molar-refractivity contribution is 5.77. The molecule has 0 amide bonds. The van der Waals surface area contributed by atoms with E-state index >= 15 is 0 Å². The molecule has 1 aromatic carbocycles. The Balaban J connectivity index is 1.71. The van der Waals surface area contributed by atoms with Gasteiger partial charge in [-0.3, -0.25) is 10.00 Å². The molecule has 0 saturated heterocycles. The van der Waals surface area contributed by atoms with Crippen LogP contribution in [0.3, 0.4) is 0 Å². The fraction of sp³-hybridized carbons (Fsp3) is 0.294. The SMILES string of the molecule is Cc1ccc(CN(C)Cc2cnc3n[nH]c(C)c3c2)cc1. The molecule has 0 saturated carbocycles. The molecule has 2 aromatic heterocycles. The molecule has 0 bridgehead atoms. The summed E-state index contributed by atoms with van der Waals surface area (Å²) in [6, 6.07) is 10.9. The van der Waals surface area contributed by atoms with Gasteiger partial charge < -0.3 is 0 Å². The summed E-state index contributed by atoms with van der Waals surface area (Å²) in [4.78, 5) is 6.70. The summed E-state index contributed by atoms with van der Waals surface area (Å²) in [5.41, 5.74) is 5.70. The maximum Gasteiger partial charge on any atom is 0.181 e. The van der Waals surface area contributed by atoms with E-state index in [0.717, 1.165) is 29.8 Å². The summed E-state index contributed by atoms with van der Waals surface area (Å²) in [6.07, 6.45) is 1.91. The van der Waals surface area contributed by atoms with Crippen LogP contribution in [-0.4, -0.2) is 27.1 Å². The van der Waals surface area contributed by atoms with Gasteiger partial charge in [-0.15, -0.1) is 0 Å². The normalized spacial score (nSPS) is 11.4. The highest BCUT2D eigenvalue weighted by atomic mass is 15.1. The van der Waals surface area contributed by atoms with Crippen LogP contribution in [0.25, 0.3) is 11.0 Å². The monoisotopic (exact) mass is 280 g/mol. The first-order valence-corrected chi connectivity index (χ1v) is 7.15. The number of aromatic amines is 1. The van der Waals surface area contributed by atoms with Gasteiger partial charge in [0.2, 0.25) is 0 Å². The summed E-state index contributed by atoms with van der Waals surface area (Å²) >= 11 is 0. The fourth-order valence-electron chi connectivity index (χ4n) is 2.52. The van der Waals surface area contributed by atoms with Gasteiger partial charge in [-0.05, 0) is 38.1 Å². The van der Waals surface area contributed by atoms with Crippen LogP contribution in [-0.2, 0) is 13.1 Å².